The molecule has 0 bridgehead atoms. The lowest BCUT2D eigenvalue weighted by atomic mass is 9.98. The maximum atomic E-state index is 12.3. The van der Waals surface area contributed by atoms with Crippen molar-refractivity contribution in [2.75, 3.05) is 27.2 Å². The van der Waals surface area contributed by atoms with Crippen LogP contribution in [-0.4, -0.2) is 42.9 Å². The van der Waals surface area contributed by atoms with Crippen LogP contribution in [0.3, 0.4) is 0 Å². The van der Waals surface area contributed by atoms with Gasteiger partial charge in [0.1, 0.15) is 0 Å². The Kier molecular flexibility index (Phi) is 4.77. The zero-order chi connectivity index (χ0) is 13.8. The molecule has 104 valence electrons. The largest absolute Gasteiger partial charge is 0.332 e. The molecule has 1 atom stereocenters. The maximum Gasteiger partial charge on any atom is 0.246 e. The van der Waals surface area contributed by atoms with Crippen LogP contribution in [0.2, 0.25) is 0 Å². The highest BCUT2D eigenvalue weighted by Crippen LogP contribution is 2.35. The van der Waals surface area contributed by atoms with Crippen LogP contribution in [0, 0.1) is 0 Å². The van der Waals surface area contributed by atoms with Gasteiger partial charge in [0.05, 0.1) is 6.04 Å². The summed E-state index contributed by atoms with van der Waals surface area (Å²) in [5.74, 6) is 0.144. The fourth-order valence-electron chi connectivity index (χ4n) is 2.56. The topological polar surface area (TPSA) is 23.6 Å². The molecule has 1 aromatic heterocycles. The van der Waals surface area contributed by atoms with Crippen molar-refractivity contribution in [2.45, 2.75) is 25.8 Å². The van der Waals surface area contributed by atoms with E-state index in [2.05, 4.69) is 18.4 Å². The fourth-order valence-corrected chi connectivity index (χ4v) is 3.49. The molecule has 1 aromatic rings. The third kappa shape index (κ3) is 3.25. The molecule has 2 rings (SSSR count). The molecule has 0 fully saturated rings. The number of carbonyl (C=O) groups excluding carboxylic acids is 1. The second-order valence-corrected chi connectivity index (χ2v) is 6.17. The molecule has 1 unspecified atom stereocenters. The molecular formula is C15H22N2OS. The molecule has 0 spiro atoms. The van der Waals surface area contributed by atoms with Gasteiger partial charge in [-0.15, -0.1) is 11.3 Å². The number of amides is 1. The van der Waals surface area contributed by atoms with Crippen LogP contribution in [-0.2, 0) is 11.2 Å². The molecule has 3 nitrogen and oxygen atoms in total. The zero-order valence-corrected chi connectivity index (χ0v) is 12.7. The first-order valence-electron chi connectivity index (χ1n) is 6.81. The van der Waals surface area contributed by atoms with Gasteiger partial charge in [0.25, 0.3) is 0 Å². The second-order valence-electron chi connectivity index (χ2n) is 5.17. The van der Waals surface area contributed by atoms with Crippen LogP contribution >= 0.6 is 11.3 Å². The number of likely N-dealkylation sites (N-methyl/N-ethyl adjacent to an activating group) is 1. The molecular weight excluding hydrogens is 256 g/mol. The average molecular weight is 278 g/mol. The minimum Gasteiger partial charge on any atom is -0.332 e. The molecule has 0 radical (unpaired) electrons. The maximum absolute atomic E-state index is 12.3. The van der Waals surface area contributed by atoms with Crippen molar-refractivity contribution in [3.8, 4) is 0 Å². The normalized spacial score (nSPS) is 19.2. The smallest absolute Gasteiger partial charge is 0.246 e. The molecule has 4 heteroatoms. The Morgan fingerprint density at radius 1 is 1.58 bits per heavy atom. The quantitative estimate of drug-likeness (QED) is 0.791. The van der Waals surface area contributed by atoms with E-state index in [9.17, 15) is 4.79 Å². The molecule has 0 aliphatic carbocycles. The summed E-state index contributed by atoms with van der Waals surface area (Å²) < 4.78 is 0. The van der Waals surface area contributed by atoms with Crippen LogP contribution < -0.4 is 0 Å². The van der Waals surface area contributed by atoms with Crippen molar-refractivity contribution >= 4 is 17.2 Å². The van der Waals surface area contributed by atoms with Crippen molar-refractivity contribution in [1.82, 2.24) is 9.80 Å². The summed E-state index contributed by atoms with van der Waals surface area (Å²) in [6.07, 6.45) is 5.64. The first-order chi connectivity index (χ1) is 9.13. The predicted molar refractivity (Wildman–Crippen MR) is 80.5 cm³/mol. The highest BCUT2D eigenvalue weighted by Gasteiger charge is 2.28. The average Bonchev–Trinajstić information content (AvgIpc) is 2.85. The van der Waals surface area contributed by atoms with Gasteiger partial charge >= 0.3 is 0 Å². The Morgan fingerprint density at radius 2 is 2.37 bits per heavy atom. The molecule has 0 aromatic carbocycles. The van der Waals surface area contributed by atoms with Gasteiger partial charge in [-0.1, -0.05) is 13.0 Å². The van der Waals surface area contributed by atoms with Gasteiger partial charge in [-0.25, -0.2) is 0 Å². The number of hydrogen-bond donors (Lipinski definition) is 0. The molecule has 0 saturated heterocycles. The summed E-state index contributed by atoms with van der Waals surface area (Å²) in [6, 6.07) is 2.43. The second kappa shape index (κ2) is 6.35. The first kappa shape index (κ1) is 14.3. The summed E-state index contributed by atoms with van der Waals surface area (Å²) in [5.41, 5.74) is 1.35. The Balaban J connectivity index is 2.08. The summed E-state index contributed by atoms with van der Waals surface area (Å²) in [5, 5.41) is 2.14. The number of fused-ring (bicyclic) bond motifs is 1. The number of thiophene rings is 1. The number of hydrogen-bond acceptors (Lipinski definition) is 3. The van der Waals surface area contributed by atoms with E-state index in [1.165, 1.54) is 10.4 Å². The van der Waals surface area contributed by atoms with E-state index in [1.807, 2.05) is 41.3 Å². The first-order valence-corrected chi connectivity index (χ1v) is 7.69. The molecule has 19 heavy (non-hydrogen) atoms. The van der Waals surface area contributed by atoms with Gasteiger partial charge in [0.15, 0.2) is 0 Å². The standard InChI is InChI=1S/C15H22N2OS/c1-4-13-12-8-11-19-14(12)7-10-17(13)15(18)6-5-9-16(2)3/h5-6,8,11,13H,4,7,9-10H2,1-3H3/b6-5+. The van der Waals surface area contributed by atoms with Gasteiger partial charge in [0.2, 0.25) is 5.91 Å². The van der Waals surface area contributed by atoms with Crippen LogP contribution in [0.1, 0.15) is 29.8 Å². The third-order valence-corrected chi connectivity index (χ3v) is 4.49. The Hall–Kier alpha value is -1.13. The SMILES string of the molecule is CCC1c2ccsc2CCN1C(=O)/C=C/CN(C)C. The monoisotopic (exact) mass is 278 g/mol. The van der Waals surface area contributed by atoms with Crippen LogP contribution in [0.25, 0.3) is 0 Å². The van der Waals surface area contributed by atoms with Crippen molar-refractivity contribution in [3.05, 3.63) is 34.0 Å². The van der Waals surface area contributed by atoms with Crippen molar-refractivity contribution in [1.29, 1.82) is 0 Å². The van der Waals surface area contributed by atoms with Gasteiger partial charge in [-0.05, 0) is 43.9 Å². The van der Waals surface area contributed by atoms with E-state index >= 15 is 0 Å². The summed E-state index contributed by atoms with van der Waals surface area (Å²) in [4.78, 5) is 17.8. The lowest BCUT2D eigenvalue weighted by Gasteiger charge is -2.34. The van der Waals surface area contributed by atoms with E-state index < -0.39 is 0 Å². The van der Waals surface area contributed by atoms with Crippen molar-refractivity contribution in [2.24, 2.45) is 0 Å². The number of rotatable bonds is 4. The van der Waals surface area contributed by atoms with Gasteiger partial charge in [-0.2, -0.15) is 0 Å². The number of nitrogens with zero attached hydrogens (tertiary/aromatic N) is 2. The van der Waals surface area contributed by atoms with Gasteiger partial charge < -0.3 is 9.80 Å². The molecule has 1 aliphatic heterocycles. The lowest BCUT2D eigenvalue weighted by molar-refractivity contribution is -0.128. The van der Waals surface area contributed by atoms with E-state index in [0.29, 0.717) is 0 Å². The van der Waals surface area contributed by atoms with Gasteiger partial charge in [0, 0.05) is 24.0 Å². The Morgan fingerprint density at radius 3 is 3.05 bits per heavy atom. The van der Waals surface area contributed by atoms with Crippen molar-refractivity contribution in [3.63, 3.8) is 0 Å². The lowest BCUT2D eigenvalue weighted by Crippen LogP contribution is -2.38. The van der Waals surface area contributed by atoms with Gasteiger partial charge in [-0.3, -0.25) is 4.79 Å². The van der Waals surface area contributed by atoms with E-state index in [4.69, 9.17) is 0 Å². The molecule has 1 amide bonds. The minimum absolute atomic E-state index is 0.144. The van der Waals surface area contributed by atoms with E-state index in [-0.39, 0.29) is 11.9 Å². The molecule has 2 heterocycles. The Bertz CT molecular complexity index is 464. The minimum atomic E-state index is 0.144. The summed E-state index contributed by atoms with van der Waals surface area (Å²) in [6.45, 7) is 3.80. The summed E-state index contributed by atoms with van der Waals surface area (Å²) >= 11 is 1.82. The fraction of sp³-hybridized carbons (Fsp3) is 0.533. The molecule has 0 saturated carbocycles. The zero-order valence-electron chi connectivity index (χ0n) is 11.9. The van der Waals surface area contributed by atoms with Crippen LogP contribution in [0.5, 0.6) is 0 Å². The van der Waals surface area contributed by atoms with Crippen molar-refractivity contribution < 1.29 is 4.79 Å². The molecule has 0 N–H and O–H groups in total. The van der Waals surface area contributed by atoms with E-state index in [0.717, 1.165) is 25.9 Å². The molecule has 1 aliphatic rings. The number of carbonyl (C=O) groups is 1. The van der Waals surface area contributed by atoms with Crippen LogP contribution in [0.4, 0.5) is 0 Å². The highest BCUT2D eigenvalue weighted by molar-refractivity contribution is 7.10. The third-order valence-electron chi connectivity index (χ3n) is 3.50. The predicted octanol–water partition coefficient (Wildman–Crippen LogP) is 2.70. The summed E-state index contributed by atoms with van der Waals surface area (Å²) in [7, 11) is 4.00. The highest BCUT2D eigenvalue weighted by atomic mass is 32.1. The van der Waals surface area contributed by atoms with Crippen LogP contribution in [0.15, 0.2) is 23.6 Å². The Labute approximate surface area is 119 Å². The van der Waals surface area contributed by atoms with E-state index in [1.54, 1.807) is 6.08 Å².